The molecular weight excluding hydrogens is 573 g/mol. The van der Waals surface area contributed by atoms with E-state index in [4.69, 9.17) is 4.74 Å². The van der Waals surface area contributed by atoms with E-state index in [1.165, 1.54) is 15.5 Å². The summed E-state index contributed by atoms with van der Waals surface area (Å²) in [7, 11) is 0. The Labute approximate surface area is 265 Å². The number of anilines is 1. The second-order valence-electron chi connectivity index (χ2n) is 12.0. The molecule has 3 atom stereocenters. The molecule has 0 aliphatic carbocycles. The van der Waals surface area contributed by atoms with Gasteiger partial charge in [0.2, 0.25) is 5.94 Å². The van der Waals surface area contributed by atoms with Crippen molar-refractivity contribution in [2.75, 3.05) is 49.8 Å². The van der Waals surface area contributed by atoms with Gasteiger partial charge in [-0.25, -0.2) is 0 Å². The van der Waals surface area contributed by atoms with Crippen LogP contribution in [0.1, 0.15) is 44.6 Å². The number of rotatable bonds is 14. The van der Waals surface area contributed by atoms with E-state index in [1.807, 2.05) is 42.7 Å². The van der Waals surface area contributed by atoms with Crippen molar-refractivity contribution in [1.82, 2.24) is 9.88 Å². The average molecular weight is 617 g/mol. The molecule has 2 aliphatic heterocycles. The van der Waals surface area contributed by atoms with Crippen LogP contribution in [0.2, 0.25) is 0 Å². The molecule has 3 aromatic rings. The minimum atomic E-state index is -1.02. The van der Waals surface area contributed by atoms with Gasteiger partial charge in [0.1, 0.15) is 0 Å². The zero-order valence-electron chi connectivity index (χ0n) is 25.4. The first-order valence-corrected chi connectivity index (χ1v) is 18.1. The Balaban J connectivity index is 1.15. The van der Waals surface area contributed by atoms with Gasteiger partial charge >= 0.3 is 0 Å². The lowest BCUT2D eigenvalue weighted by Crippen LogP contribution is -2.53. The molecule has 6 nitrogen and oxygen atoms in total. The zero-order chi connectivity index (χ0) is 30.1. The molecule has 0 radical (unpaired) electrons. The highest BCUT2D eigenvalue weighted by Gasteiger charge is 2.44. The van der Waals surface area contributed by atoms with Gasteiger partial charge in [-0.15, -0.1) is 0 Å². The van der Waals surface area contributed by atoms with E-state index in [2.05, 4.69) is 64.2 Å². The lowest BCUT2D eigenvalue weighted by atomic mass is 9.64. The minimum absolute atomic E-state index is 0.0731. The van der Waals surface area contributed by atoms with Crippen molar-refractivity contribution in [3.05, 3.63) is 84.7 Å². The Morgan fingerprint density at radius 2 is 1.72 bits per heavy atom. The normalized spacial score (nSPS) is 19.3. The molecule has 0 N–H and O–H groups in total. The van der Waals surface area contributed by atoms with Gasteiger partial charge in [0.15, 0.2) is 0 Å². The van der Waals surface area contributed by atoms with Crippen molar-refractivity contribution in [3.63, 3.8) is 0 Å². The third kappa shape index (κ3) is 8.34. The molecule has 228 valence electrons. The van der Waals surface area contributed by atoms with Gasteiger partial charge in [0.25, 0.3) is 0 Å². The predicted molar refractivity (Wildman–Crippen MR) is 177 cm³/mol. The number of ether oxygens (including phenoxy) is 1. The summed E-state index contributed by atoms with van der Waals surface area (Å²) in [4.78, 5) is 11.6. The highest BCUT2D eigenvalue weighted by Crippen LogP contribution is 2.43. The van der Waals surface area contributed by atoms with Crippen LogP contribution in [0.3, 0.4) is 0 Å². The quantitative estimate of drug-likeness (QED) is 0.185. The van der Waals surface area contributed by atoms with Crippen LogP contribution in [-0.2, 0) is 21.3 Å². The molecule has 2 fully saturated rings. The second kappa shape index (κ2) is 15.5. The highest BCUT2D eigenvalue weighted by atomic mass is 32.2. The van der Waals surface area contributed by atoms with Gasteiger partial charge in [-0.2, -0.15) is 5.26 Å². The van der Waals surface area contributed by atoms with Crippen LogP contribution in [0.4, 0.5) is 5.69 Å². The Bertz CT molecular complexity index is 1290. The van der Waals surface area contributed by atoms with Gasteiger partial charge in [-0.1, -0.05) is 55.4 Å². The maximum atomic E-state index is 11.8. The first kappa shape index (κ1) is 31.9. The minimum Gasteiger partial charge on any atom is -0.615 e. The number of hydrogen-bond acceptors (Lipinski definition) is 7. The smallest absolute Gasteiger partial charge is 0.205 e. The number of pyridine rings is 1. The number of piperidine rings is 1. The molecule has 3 heterocycles. The average Bonchev–Trinajstić information content (AvgIpc) is 3.02. The first-order chi connectivity index (χ1) is 21.0. The Kier molecular flexibility index (Phi) is 11.5. The van der Waals surface area contributed by atoms with Crippen molar-refractivity contribution in [2.45, 2.75) is 60.3 Å². The Morgan fingerprint density at radius 1 is 1.05 bits per heavy atom. The summed E-state index contributed by atoms with van der Waals surface area (Å²) in [6.45, 7) is 7.50. The molecule has 43 heavy (non-hydrogen) atoms. The summed E-state index contributed by atoms with van der Waals surface area (Å²) in [5.41, 5.74) is 1.79. The third-order valence-corrected chi connectivity index (χ3v) is 10.4. The number of benzene rings is 2. The van der Waals surface area contributed by atoms with E-state index in [0.29, 0.717) is 12.3 Å². The monoisotopic (exact) mass is 616 g/mol. The van der Waals surface area contributed by atoms with Crippen LogP contribution in [0.5, 0.6) is 0 Å². The van der Waals surface area contributed by atoms with Crippen molar-refractivity contribution in [2.24, 2.45) is 11.8 Å². The standard InChI is InChI=1S/C35H44N4O2S2/c1-3-7-32(41-27-43(2)40)22-35(26-36,29-8-5-4-6-9-29)30-16-20-38(21-17-30)23-28-24-39(25-28)31-10-12-33(13-11-31)42-34-14-18-37-19-15-34/h4-6,8-15,18-19,28,30,32H,3,7,16-17,20-25,27H2,1-2H3. The number of nitrogens with zero attached hydrogens (tertiary/aromatic N) is 4. The van der Waals surface area contributed by atoms with E-state index < -0.39 is 16.6 Å². The fourth-order valence-electron chi connectivity index (χ4n) is 6.71. The molecule has 0 bridgehead atoms. The van der Waals surface area contributed by atoms with Crippen LogP contribution >= 0.6 is 11.8 Å². The van der Waals surface area contributed by atoms with Gasteiger partial charge in [-0.05, 0) is 97.8 Å². The van der Waals surface area contributed by atoms with Gasteiger partial charge in [0.05, 0.1) is 23.8 Å². The molecule has 0 amide bonds. The van der Waals surface area contributed by atoms with E-state index in [1.54, 1.807) is 18.0 Å². The molecule has 2 aliphatic rings. The summed E-state index contributed by atoms with van der Waals surface area (Å²) in [6.07, 6.45) is 9.79. The van der Waals surface area contributed by atoms with Gasteiger partial charge in [0, 0.05) is 53.4 Å². The third-order valence-electron chi connectivity index (χ3n) is 8.96. The second-order valence-corrected chi connectivity index (χ2v) is 14.6. The molecule has 1 aromatic heterocycles. The van der Waals surface area contributed by atoms with Crippen molar-refractivity contribution >= 4 is 28.6 Å². The lowest BCUT2D eigenvalue weighted by Gasteiger charge is -2.46. The summed E-state index contributed by atoms with van der Waals surface area (Å²) >= 11 is 0.746. The topological polar surface area (TPSA) is 75.5 Å². The van der Waals surface area contributed by atoms with Crippen molar-refractivity contribution in [1.29, 1.82) is 5.26 Å². The summed E-state index contributed by atoms with van der Waals surface area (Å²) in [6, 6.07) is 26.1. The van der Waals surface area contributed by atoms with E-state index >= 15 is 0 Å². The zero-order valence-corrected chi connectivity index (χ0v) is 27.1. The molecule has 5 rings (SSSR count). The molecule has 0 spiro atoms. The summed E-state index contributed by atoms with van der Waals surface area (Å²) < 4.78 is 17.9. The fourth-order valence-corrected chi connectivity index (χ4v) is 7.90. The van der Waals surface area contributed by atoms with Gasteiger partial charge in [-0.3, -0.25) is 4.98 Å². The van der Waals surface area contributed by atoms with Crippen LogP contribution < -0.4 is 4.90 Å². The van der Waals surface area contributed by atoms with Crippen LogP contribution in [0.25, 0.3) is 0 Å². The van der Waals surface area contributed by atoms with Crippen LogP contribution in [0, 0.1) is 23.2 Å². The van der Waals surface area contributed by atoms with Crippen LogP contribution in [-0.4, -0.2) is 65.5 Å². The maximum absolute atomic E-state index is 11.8. The molecular formula is C35H44N4O2S2. The van der Waals surface area contributed by atoms with Crippen molar-refractivity contribution < 1.29 is 9.29 Å². The molecule has 3 unspecified atom stereocenters. The number of aromatic nitrogens is 1. The number of hydrogen-bond donors (Lipinski definition) is 0. The molecule has 8 heteroatoms. The highest BCUT2D eigenvalue weighted by molar-refractivity contribution is 7.99. The fraction of sp³-hybridized carbons (Fsp3) is 0.486. The Hall–Kier alpha value is -2.54. The number of nitriles is 1. The van der Waals surface area contributed by atoms with Crippen LogP contribution in [0.15, 0.2) is 88.9 Å². The molecule has 2 saturated heterocycles. The largest absolute Gasteiger partial charge is 0.615 e. The molecule has 2 aromatic carbocycles. The first-order valence-electron chi connectivity index (χ1n) is 15.5. The maximum Gasteiger partial charge on any atom is 0.205 e. The van der Waals surface area contributed by atoms with E-state index in [-0.39, 0.29) is 18.0 Å². The van der Waals surface area contributed by atoms with Gasteiger partial charge < -0.3 is 19.1 Å². The van der Waals surface area contributed by atoms with E-state index in [0.717, 1.165) is 64.0 Å². The number of likely N-dealkylation sites (tertiary alicyclic amines) is 1. The predicted octanol–water partition coefficient (Wildman–Crippen LogP) is 6.75. The summed E-state index contributed by atoms with van der Waals surface area (Å²) in [5, 5.41) is 10.8. The SMILES string of the molecule is CCCC(CC(C#N)(c1ccccc1)C1CCN(CC2CN(c3ccc(Sc4ccncc4)cc3)C2)CC1)OC[S+](C)[O-]. The van der Waals surface area contributed by atoms with Crippen molar-refractivity contribution in [3.8, 4) is 6.07 Å². The Morgan fingerprint density at radius 3 is 2.35 bits per heavy atom. The van der Waals surface area contributed by atoms with E-state index in [9.17, 15) is 9.81 Å². The summed E-state index contributed by atoms with van der Waals surface area (Å²) in [5.74, 6) is 1.18. The lowest BCUT2D eigenvalue weighted by molar-refractivity contribution is 0.0393. The molecule has 0 saturated carbocycles.